The van der Waals surface area contributed by atoms with Gasteiger partial charge in [0.05, 0.1) is 22.4 Å². The molecule has 8 rings (SSSR count). The average molecular weight is 517 g/mol. The molecule has 0 saturated heterocycles. The first-order chi connectivity index (χ1) is 19.7. The predicted molar refractivity (Wildman–Crippen MR) is 161 cm³/mol. The number of nitrogens with zero attached hydrogens (tertiary/aromatic N) is 6. The molecule has 190 valence electrons. The van der Waals surface area contributed by atoms with Crippen LogP contribution >= 0.6 is 0 Å². The summed E-state index contributed by atoms with van der Waals surface area (Å²) in [4.78, 5) is 19.7. The summed E-state index contributed by atoms with van der Waals surface area (Å²) in [6, 6.07) is 33.3. The smallest absolute Gasteiger partial charge is 0.146 e. The first kappa shape index (κ1) is 22.6. The minimum absolute atomic E-state index is 0.793. The number of aromatic nitrogens is 6. The van der Waals surface area contributed by atoms with Crippen LogP contribution in [0.2, 0.25) is 0 Å². The molecule has 0 saturated carbocycles. The van der Waals surface area contributed by atoms with Gasteiger partial charge < -0.3 is 0 Å². The van der Waals surface area contributed by atoms with Crippen molar-refractivity contribution in [3.63, 3.8) is 0 Å². The number of hydrogen-bond donors (Lipinski definition) is 0. The lowest BCUT2D eigenvalue weighted by atomic mass is 10.1. The summed E-state index contributed by atoms with van der Waals surface area (Å²) in [6.45, 7) is 4.23. The zero-order valence-corrected chi connectivity index (χ0v) is 22.1. The summed E-state index contributed by atoms with van der Waals surface area (Å²) >= 11 is 0. The van der Waals surface area contributed by atoms with Gasteiger partial charge in [-0.3, -0.25) is 9.13 Å². The fraction of sp³-hybridized carbons (Fsp3) is 0.0588. The third-order valence-corrected chi connectivity index (χ3v) is 7.55. The van der Waals surface area contributed by atoms with Crippen molar-refractivity contribution >= 4 is 43.9 Å². The van der Waals surface area contributed by atoms with Gasteiger partial charge in [0.2, 0.25) is 0 Å². The molecule has 0 atom stereocenters. The maximum Gasteiger partial charge on any atom is 0.146 e. The van der Waals surface area contributed by atoms with Crippen LogP contribution in [0.5, 0.6) is 0 Å². The molecular formula is C34H24N6. The van der Waals surface area contributed by atoms with Crippen molar-refractivity contribution in [1.29, 1.82) is 0 Å². The third kappa shape index (κ3) is 3.36. The van der Waals surface area contributed by atoms with Crippen molar-refractivity contribution in [2.45, 2.75) is 13.8 Å². The Labute approximate surface area is 230 Å². The van der Waals surface area contributed by atoms with Crippen LogP contribution in [0.1, 0.15) is 11.1 Å². The number of fused-ring (bicyclic) bond motifs is 6. The van der Waals surface area contributed by atoms with Crippen molar-refractivity contribution in [2.75, 3.05) is 0 Å². The van der Waals surface area contributed by atoms with Crippen LogP contribution in [0.3, 0.4) is 0 Å². The van der Waals surface area contributed by atoms with E-state index in [4.69, 9.17) is 19.9 Å². The minimum atomic E-state index is 0.793. The molecule has 0 unspecified atom stereocenters. The molecule has 6 heterocycles. The van der Waals surface area contributed by atoms with Crippen LogP contribution in [-0.4, -0.2) is 29.1 Å². The van der Waals surface area contributed by atoms with Gasteiger partial charge in [0, 0.05) is 33.9 Å². The molecule has 0 aliphatic carbocycles. The van der Waals surface area contributed by atoms with Crippen molar-refractivity contribution in [2.24, 2.45) is 0 Å². The van der Waals surface area contributed by atoms with Gasteiger partial charge in [-0.15, -0.1) is 0 Å². The maximum atomic E-state index is 5.10. The van der Waals surface area contributed by atoms with E-state index in [0.29, 0.717) is 0 Å². The van der Waals surface area contributed by atoms with E-state index in [2.05, 4.69) is 71.5 Å². The van der Waals surface area contributed by atoms with E-state index in [1.807, 2.05) is 60.9 Å². The summed E-state index contributed by atoms with van der Waals surface area (Å²) in [5, 5.41) is 4.57. The summed E-state index contributed by atoms with van der Waals surface area (Å²) in [5.41, 5.74) is 7.96. The Hall–Kier alpha value is -5.36. The maximum absolute atomic E-state index is 5.10. The van der Waals surface area contributed by atoms with E-state index in [1.165, 1.54) is 21.9 Å². The molecule has 0 fully saturated rings. The van der Waals surface area contributed by atoms with Gasteiger partial charge in [-0.25, -0.2) is 19.9 Å². The number of hydrogen-bond acceptors (Lipinski definition) is 4. The van der Waals surface area contributed by atoms with Crippen LogP contribution in [0.15, 0.2) is 109 Å². The number of benzene rings is 2. The van der Waals surface area contributed by atoms with Crippen LogP contribution in [0, 0.1) is 13.8 Å². The first-order valence-corrected chi connectivity index (χ1v) is 13.3. The van der Waals surface area contributed by atoms with Crippen LogP contribution in [0.4, 0.5) is 0 Å². The Kier molecular flexibility index (Phi) is 4.85. The molecule has 2 aromatic carbocycles. The van der Waals surface area contributed by atoms with Gasteiger partial charge in [-0.2, -0.15) is 0 Å². The molecule has 0 spiro atoms. The fourth-order valence-electron chi connectivity index (χ4n) is 5.76. The summed E-state index contributed by atoms with van der Waals surface area (Å²) < 4.78 is 4.27. The number of rotatable bonds is 3. The highest BCUT2D eigenvalue weighted by molar-refractivity contribution is 6.08. The van der Waals surface area contributed by atoms with E-state index in [0.717, 1.165) is 56.1 Å². The van der Waals surface area contributed by atoms with Gasteiger partial charge in [-0.05, 0) is 86.6 Å². The van der Waals surface area contributed by atoms with E-state index in [-0.39, 0.29) is 0 Å². The van der Waals surface area contributed by atoms with Gasteiger partial charge >= 0.3 is 0 Å². The standard InChI is InChI=1S/C34H24N6/c1-21-13-15-29-25(19-21)23-7-5-17-35-33(23)39(29)31-11-3-9-27(37-31)28-10-4-12-32(38-28)40-30-16-14-22(2)20-26(30)24-8-6-18-36-34(24)40/h3-20H,1-2H3. The van der Waals surface area contributed by atoms with Crippen molar-refractivity contribution < 1.29 is 0 Å². The Morgan fingerprint density at radius 1 is 0.475 bits per heavy atom. The second-order valence-corrected chi connectivity index (χ2v) is 10.2. The van der Waals surface area contributed by atoms with Gasteiger partial charge in [0.1, 0.15) is 22.9 Å². The molecule has 0 amide bonds. The summed E-state index contributed by atoms with van der Waals surface area (Å²) in [6.07, 6.45) is 3.67. The fourth-order valence-corrected chi connectivity index (χ4v) is 5.76. The van der Waals surface area contributed by atoms with Gasteiger partial charge in [-0.1, -0.05) is 35.4 Å². The Bertz CT molecular complexity index is 2090. The van der Waals surface area contributed by atoms with E-state index < -0.39 is 0 Å². The lowest BCUT2D eigenvalue weighted by Crippen LogP contribution is -2.02. The van der Waals surface area contributed by atoms with E-state index in [9.17, 15) is 0 Å². The predicted octanol–water partition coefficient (Wildman–Crippen LogP) is 7.74. The van der Waals surface area contributed by atoms with Crippen LogP contribution in [0.25, 0.3) is 66.9 Å². The zero-order chi connectivity index (χ0) is 26.8. The molecule has 6 heteroatoms. The summed E-state index contributed by atoms with van der Waals surface area (Å²) in [7, 11) is 0. The third-order valence-electron chi connectivity index (χ3n) is 7.55. The quantitative estimate of drug-likeness (QED) is 0.241. The highest BCUT2D eigenvalue weighted by Gasteiger charge is 2.17. The molecule has 6 aromatic heterocycles. The second kappa shape index (κ2) is 8.58. The Morgan fingerprint density at radius 2 is 0.950 bits per heavy atom. The zero-order valence-electron chi connectivity index (χ0n) is 22.1. The monoisotopic (exact) mass is 516 g/mol. The molecule has 0 N–H and O–H groups in total. The minimum Gasteiger partial charge on any atom is -0.278 e. The normalized spacial score (nSPS) is 11.8. The second-order valence-electron chi connectivity index (χ2n) is 10.2. The van der Waals surface area contributed by atoms with Crippen LogP contribution < -0.4 is 0 Å². The van der Waals surface area contributed by atoms with Gasteiger partial charge in [0.25, 0.3) is 0 Å². The molecule has 8 aromatic rings. The number of aryl methyl sites for hydroxylation is 2. The largest absolute Gasteiger partial charge is 0.278 e. The Balaban J connectivity index is 1.31. The SMILES string of the molecule is Cc1ccc2c(c1)c1cccnc1n2-c1cccc(-c2cccc(-n3c4ccc(C)cc4c4cccnc43)n2)n1. The molecule has 0 aliphatic rings. The molecular weight excluding hydrogens is 492 g/mol. The topological polar surface area (TPSA) is 61.4 Å². The molecule has 0 bridgehead atoms. The highest BCUT2D eigenvalue weighted by Crippen LogP contribution is 2.33. The lowest BCUT2D eigenvalue weighted by Gasteiger charge is -2.10. The molecule has 0 radical (unpaired) electrons. The van der Waals surface area contributed by atoms with E-state index >= 15 is 0 Å². The summed E-state index contributed by atoms with van der Waals surface area (Å²) in [5.74, 6) is 1.61. The van der Waals surface area contributed by atoms with E-state index in [1.54, 1.807) is 0 Å². The number of pyridine rings is 4. The van der Waals surface area contributed by atoms with Crippen molar-refractivity contribution in [1.82, 2.24) is 29.1 Å². The average Bonchev–Trinajstić information content (AvgIpc) is 3.49. The molecule has 0 aliphatic heterocycles. The molecule has 6 nitrogen and oxygen atoms in total. The van der Waals surface area contributed by atoms with Crippen LogP contribution in [-0.2, 0) is 0 Å². The highest BCUT2D eigenvalue weighted by atomic mass is 15.1. The lowest BCUT2D eigenvalue weighted by molar-refractivity contribution is 1.04. The molecule has 40 heavy (non-hydrogen) atoms. The van der Waals surface area contributed by atoms with Crippen molar-refractivity contribution in [3.05, 3.63) is 121 Å². The van der Waals surface area contributed by atoms with Gasteiger partial charge in [0.15, 0.2) is 0 Å². The van der Waals surface area contributed by atoms with Crippen molar-refractivity contribution in [3.8, 4) is 23.0 Å². The Morgan fingerprint density at radius 3 is 1.43 bits per heavy atom. The first-order valence-electron chi connectivity index (χ1n) is 13.3.